The largest absolute Gasteiger partial charge is 0.508 e. The van der Waals surface area contributed by atoms with Gasteiger partial charge < -0.3 is 15.4 Å². The van der Waals surface area contributed by atoms with E-state index in [2.05, 4.69) is 20.1 Å². The van der Waals surface area contributed by atoms with Gasteiger partial charge in [0.2, 0.25) is 17.5 Å². The second-order valence-electron chi connectivity index (χ2n) is 5.55. The molecule has 4 rings (SSSR count). The molecule has 7 heteroatoms. The third-order valence-electron chi connectivity index (χ3n) is 4.10. The van der Waals surface area contributed by atoms with Gasteiger partial charge in [0.25, 0.3) is 0 Å². The minimum atomic E-state index is -0.0202. The molecule has 1 atom stereocenters. The lowest BCUT2D eigenvalue weighted by molar-refractivity contribution is 0.352. The smallest absolute Gasteiger partial charge is 0.240 e. The van der Waals surface area contributed by atoms with Crippen molar-refractivity contribution in [3.63, 3.8) is 0 Å². The van der Waals surface area contributed by atoms with Crippen LogP contribution in [0.5, 0.6) is 5.75 Å². The number of aromatic nitrogens is 4. The SMILES string of the molecule is Nc1ccnc(-c2noc(C3CCCc4c(O)cccc43)n2)n1. The number of benzene rings is 1. The normalized spacial score (nSPS) is 17.0. The Morgan fingerprint density at radius 1 is 1.17 bits per heavy atom. The van der Waals surface area contributed by atoms with E-state index in [1.807, 2.05) is 12.1 Å². The number of nitrogen functional groups attached to an aromatic ring is 1. The Kier molecular flexibility index (Phi) is 3.18. The van der Waals surface area contributed by atoms with Crippen LogP contribution in [-0.2, 0) is 6.42 Å². The minimum absolute atomic E-state index is 0.0202. The molecule has 116 valence electrons. The summed E-state index contributed by atoms with van der Waals surface area (Å²) in [5.41, 5.74) is 7.66. The van der Waals surface area contributed by atoms with Gasteiger partial charge in [-0.1, -0.05) is 17.3 Å². The maximum Gasteiger partial charge on any atom is 0.240 e. The van der Waals surface area contributed by atoms with Gasteiger partial charge in [-0.15, -0.1) is 0 Å². The molecule has 1 aromatic carbocycles. The summed E-state index contributed by atoms with van der Waals surface area (Å²) in [6.07, 6.45) is 4.27. The number of phenols is 1. The molecule has 7 nitrogen and oxygen atoms in total. The summed E-state index contributed by atoms with van der Waals surface area (Å²) in [6.45, 7) is 0. The molecule has 1 unspecified atom stereocenters. The highest BCUT2D eigenvalue weighted by Crippen LogP contribution is 2.39. The fourth-order valence-corrected chi connectivity index (χ4v) is 3.03. The van der Waals surface area contributed by atoms with Gasteiger partial charge in [0.15, 0.2) is 0 Å². The van der Waals surface area contributed by atoms with Crippen LogP contribution in [0.4, 0.5) is 5.82 Å². The van der Waals surface area contributed by atoms with Crippen molar-refractivity contribution >= 4 is 5.82 Å². The fourth-order valence-electron chi connectivity index (χ4n) is 3.03. The van der Waals surface area contributed by atoms with E-state index in [1.165, 1.54) is 0 Å². The maximum absolute atomic E-state index is 10.0. The molecule has 3 aromatic rings. The van der Waals surface area contributed by atoms with Crippen LogP contribution >= 0.6 is 0 Å². The first-order valence-corrected chi connectivity index (χ1v) is 7.45. The third-order valence-corrected chi connectivity index (χ3v) is 4.10. The van der Waals surface area contributed by atoms with Crippen LogP contribution in [0.25, 0.3) is 11.6 Å². The quantitative estimate of drug-likeness (QED) is 0.747. The van der Waals surface area contributed by atoms with Crippen molar-refractivity contribution < 1.29 is 9.63 Å². The van der Waals surface area contributed by atoms with E-state index in [0.29, 0.717) is 29.1 Å². The Labute approximate surface area is 132 Å². The Morgan fingerprint density at radius 3 is 2.96 bits per heavy atom. The van der Waals surface area contributed by atoms with Crippen LogP contribution in [0.2, 0.25) is 0 Å². The molecule has 3 N–H and O–H groups in total. The van der Waals surface area contributed by atoms with Crippen LogP contribution in [0.1, 0.15) is 35.8 Å². The number of nitrogens with zero attached hydrogens (tertiary/aromatic N) is 4. The number of fused-ring (bicyclic) bond motifs is 1. The van der Waals surface area contributed by atoms with Crippen LogP contribution in [0, 0.1) is 0 Å². The lowest BCUT2D eigenvalue weighted by atomic mass is 9.82. The number of nitrogens with two attached hydrogens (primary N) is 1. The second-order valence-corrected chi connectivity index (χ2v) is 5.55. The van der Waals surface area contributed by atoms with E-state index < -0.39 is 0 Å². The van der Waals surface area contributed by atoms with Crippen molar-refractivity contribution in [2.24, 2.45) is 0 Å². The number of phenolic OH excluding ortho intramolecular Hbond substituents is 1. The molecule has 0 amide bonds. The Balaban J connectivity index is 1.72. The first-order chi connectivity index (χ1) is 11.2. The van der Waals surface area contributed by atoms with Crippen molar-refractivity contribution in [3.8, 4) is 17.4 Å². The average molecular weight is 309 g/mol. The minimum Gasteiger partial charge on any atom is -0.508 e. The molecule has 23 heavy (non-hydrogen) atoms. The first-order valence-electron chi connectivity index (χ1n) is 7.45. The van der Waals surface area contributed by atoms with Gasteiger partial charge >= 0.3 is 0 Å². The average Bonchev–Trinajstić information content (AvgIpc) is 3.05. The standard InChI is InChI=1S/C16H15N5O2/c17-13-7-8-18-14(19-13)15-20-16(23-21-15)11-5-1-4-10-9(11)3-2-6-12(10)22/h2-3,6-8,11,22H,1,4-5H2,(H2,17,18,19). The summed E-state index contributed by atoms with van der Waals surface area (Å²) in [5.74, 6) is 1.83. The van der Waals surface area contributed by atoms with Gasteiger partial charge in [0, 0.05) is 6.20 Å². The Hall–Kier alpha value is -2.96. The monoisotopic (exact) mass is 309 g/mol. The molecular formula is C16H15N5O2. The van der Waals surface area contributed by atoms with Crippen molar-refractivity contribution in [3.05, 3.63) is 47.5 Å². The fraction of sp³-hybridized carbons (Fsp3) is 0.250. The van der Waals surface area contributed by atoms with Crippen molar-refractivity contribution in [1.82, 2.24) is 20.1 Å². The molecule has 0 saturated heterocycles. The molecular weight excluding hydrogens is 294 g/mol. The second kappa shape index (κ2) is 5.35. The molecule has 1 aliphatic rings. The highest BCUT2D eigenvalue weighted by Gasteiger charge is 2.28. The summed E-state index contributed by atoms with van der Waals surface area (Å²) in [7, 11) is 0. The van der Waals surface area contributed by atoms with E-state index >= 15 is 0 Å². The van der Waals surface area contributed by atoms with Crippen LogP contribution in [0.3, 0.4) is 0 Å². The molecule has 0 spiro atoms. The molecule has 0 aliphatic heterocycles. The Bertz CT molecular complexity index is 861. The summed E-state index contributed by atoms with van der Waals surface area (Å²) < 4.78 is 5.43. The Morgan fingerprint density at radius 2 is 2.09 bits per heavy atom. The first kappa shape index (κ1) is 13.7. The molecule has 0 saturated carbocycles. The van der Waals surface area contributed by atoms with Gasteiger partial charge in [-0.05, 0) is 42.5 Å². The van der Waals surface area contributed by atoms with Gasteiger partial charge in [0.05, 0.1) is 5.92 Å². The third kappa shape index (κ3) is 2.40. The van der Waals surface area contributed by atoms with E-state index in [9.17, 15) is 5.11 Å². The highest BCUT2D eigenvalue weighted by atomic mass is 16.5. The zero-order valence-electron chi connectivity index (χ0n) is 12.3. The van der Waals surface area contributed by atoms with Gasteiger partial charge in [0.1, 0.15) is 11.6 Å². The lowest BCUT2D eigenvalue weighted by Crippen LogP contribution is -2.11. The maximum atomic E-state index is 10.0. The van der Waals surface area contributed by atoms with E-state index in [4.69, 9.17) is 10.3 Å². The van der Waals surface area contributed by atoms with Gasteiger partial charge in [-0.2, -0.15) is 4.98 Å². The summed E-state index contributed by atoms with van der Waals surface area (Å²) in [6, 6.07) is 7.15. The van der Waals surface area contributed by atoms with Crippen LogP contribution < -0.4 is 5.73 Å². The lowest BCUT2D eigenvalue weighted by Gasteiger charge is -2.23. The van der Waals surface area contributed by atoms with Crippen molar-refractivity contribution in [2.45, 2.75) is 25.2 Å². The molecule has 2 aromatic heterocycles. The molecule has 2 heterocycles. The summed E-state index contributed by atoms with van der Waals surface area (Å²) in [5, 5.41) is 14.0. The molecule has 0 fully saturated rings. The van der Waals surface area contributed by atoms with Crippen LogP contribution in [0.15, 0.2) is 35.0 Å². The number of hydrogen-bond donors (Lipinski definition) is 2. The van der Waals surface area contributed by atoms with Gasteiger partial charge in [-0.3, -0.25) is 0 Å². The number of hydrogen-bond acceptors (Lipinski definition) is 7. The number of aromatic hydroxyl groups is 1. The number of rotatable bonds is 2. The number of anilines is 1. The van der Waals surface area contributed by atoms with Crippen molar-refractivity contribution in [2.75, 3.05) is 5.73 Å². The molecule has 0 radical (unpaired) electrons. The van der Waals surface area contributed by atoms with E-state index in [1.54, 1.807) is 18.3 Å². The highest BCUT2D eigenvalue weighted by molar-refractivity contribution is 5.47. The predicted molar refractivity (Wildman–Crippen MR) is 82.6 cm³/mol. The zero-order chi connectivity index (χ0) is 15.8. The summed E-state index contributed by atoms with van der Waals surface area (Å²) >= 11 is 0. The molecule has 1 aliphatic carbocycles. The van der Waals surface area contributed by atoms with Gasteiger partial charge in [-0.25, -0.2) is 9.97 Å². The topological polar surface area (TPSA) is 111 Å². The molecule has 0 bridgehead atoms. The van der Waals surface area contributed by atoms with E-state index in [-0.39, 0.29) is 5.92 Å². The van der Waals surface area contributed by atoms with E-state index in [0.717, 1.165) is 30.4 Å². The van der Waals surface area contributed by atoms with Crippen molar-refractivity contribution in [1.29, 1.82) is 0 Å². The zero-order valence-corrected chi connectivity index (χ0v) is 12.3. The summed E-state index contributed by atoms with van der Waals surface area (Å²) in [4.78, 5) is 12.6. The van der Waals surface area contributed by atoms with Crippen LogP contribution in [-0.4, -0.2) is 25.2 Å². The predicted octanol–water partition coefficient (Wildman–Crippen LogP) is 2.28.